The number of hydrogen-bond acceptors (Lipinski definition) is 1. The second-order valence-corrected chi connectivity index (χ2v) is 2.66. The molecule has 0 bridgehead atoms. The molecule has 1 rings (SSSR count). The van der Waals surface area contributed by atoms with Crippen LogP contribution in [-0.2, 0) is 0 Å². The Hall–Kier alpha value is -0.300. The van der Waals surface area contributed by atoms with Gasteiger partial charge in [0.25, 0.3) is 0 Å². The summed E-state index contributed by atoms with van der Waals surface area (Å²) in [5.74, 6) is 0.595. The number of aliphatic hydroxyl groups excluding tert-OH is 1. The molecule has 0 aromatic rings. The zero-order chi connectivity index (χ0) is 6.69. The predicted molar refractivity (Wildman–Crippen MR) is 37.8 cm³/mol. The molecule has 2 unspecified atom stereocenters. The third kappa shape index (κ3) is 1.83. The molecule has 0 heterocycles. The summed E-state index contributed by atoms with van der Waals surface area (Å²) in [6.07, 6.45) is 6.89. The molecule has 0 amide bonds. The van der Waals surface area contributed by atoms with Crippen LogP contribution in [0.4, 0.5) is 0 Å². The molecule has 1 aliphatic rings. The molecular weight excluding hydrogens is 112 g/mol. The fraction of sp³-hybridized carbons (Fsp3) is 0.625. The standard InChI is InChI=1S/C8H13O/c1-2-3-7-4-5-8(9)6-7/h2-3,7-9H,1,4-6H2. The van der Waals surface area contributed by atoms with Crippen molar-refractivity contribution in [1.82, 2.24) is 0 Å². The van der Waals surface area contributed by atoms with E-state index in [0.29, 0.717) is 5.92 Å². The molecule has 1 radical (unpaired) electrons. The van der Waals surface area contributed by atoms with Crippen LogP contribution in [0.5, 0.6) is 0 Å². The molecule has 1 fully saturated rings. The van der Waals surface area contributed by atoms with Gasteiger partial charge in [0.1, 0.15) is 0 Å². The summed E-state index contributed by atoms with van der Waals surface area (Å²) < 4.78 is 0. The fourth-order valence-electron chi connectivity index (χ4n) is 1.36. The molecule has 1 heteroatoms. The molecule has 1 nitrogen and oxygen atoms in total. The van der Waals surface area contributed by atoms with Crippen molar-refractivity contribution < 1.29 is 5.11 Å². The maximum absolute atomic E-state index is 9.07. The van der Waals surface area contributed by atoms with Crippen LogP contribution in [0.1, 0.15) is 19.3 Å². The van der Waals surface area contributed by atoms with Gasteiger partial charge in [-0.1, -0.05) is 12.2 Å². The summed E-state index contributed by atoms with van der Waals surface area (Å²) in [6, 6.07) is 0. The van der Waals surface area contributed by atoms with Crippen molar-refractivity contribution in [3.8, 4) is 0 Å². The first-order chi connectivity index (χ1) is 4.33. The summed E-state index contributed by atoms with van der Waals surface area (Å²) >= 11 is 0. The van der Waals surface area contributed by atoms with Crippen molar-refractivity contribution in [2.24, 2.45) is 5.92 Å². The van der Waals surface area contributed by atoms with Gasteiger partial charge in [-0.15, -0.1) is 0 Å². The highest BCUT2D eigenvalue weighted by Gasteiger charge is 2.19. The lowest BCUT2D eigenvalue weighted by Crippen LogP contribution is -1.97. The maximum Gasteiger partial charge on any atom is 0.0546 e. The van der Waals surface area contributed by atoms with E-state index in [1.165, 1.54) is 0 Å². The molecule has 9 heavy (non-hydrogen) atoms. The van der Waals surface area contributed by atoms with Crippen molar-refractivity contribution in [2.45, 2.75) is 25.4 Å². The zero-order valence-electron chi connectivity index (χ0n) is 5.59. The molecule has 1 N–H and O–H groups in total. The topological polar surface area (TPSA) is 20.2 Å². The first kappa shape index (κ1) is 6.81. The Morgan fingerprint density at radius 3 is 2.67 bits per heavy atom. The van der Waals surface area contributed by atoms with E-state index in [0.717, 1.165) is 19.3 Å². The molecule has 0 aromatic heterocycles. The Morgan fingerprint density at radius 2 is 2.22 bits per heavy atom. The number of aliphatic hydroxyl groups is 1. The monoisotopic (exact) mass is 125 g/mol. The second kappa shape index (κ2) is 3.02. The Kier molecular flexibility index (Phi) is 2.29. The van der Waals surface area contributed by atoms with Gasteiger partial charge >= 0.3 is 0 Å². The molecule has 0 saturated heterocycles. The van der Waals surface area contributed by atoms with Gasteiger partial charge in [-0.25, -0.2) is 0 Å². The van der Waals surface area contributed by atoms with Gasteiger partial charge in [0.15, 0.2) is 0 Å². The Labute approximate surface area is 56.4 Å². The average molecular weight is 125 g/mol. The Morgan fingerprint density at radius 1 is 1.44 bits per heavy atom. The summed E-state index contributed by atoms with van der Waals surface area (Å²) in [6.45, 7) is 3.61. The third-order valence-electron chi connectivity index (χ3n) is 1.85. The summed E-state index contributed by atoms with van der Waals surface area (Å²) in [5, 5.41) is 9.07. The smallest absolute Gasteiger partial charge is 0.0546 e. The molecule has 2 atom stereocenters. The van der Waals surface area contributed by atoms with Crippen LogP contribution in [0.25, 0.3) is 0 Å². The third-order valence-corrected chi connectivity index (χ3v) is 1.85. The van der Waals surface area contributed by atoms with Gasteiger partial charge in [0.2, 0.25) is 0 Å². The van der Waals surface area contributed by atoms with Crippen LogP contribution < -0.4 is 0 Å². The molecule has 1 aliphatic carbocycles. The van der Waals surface area contributed by atoms with Crippen LogP contribution in [0.2, 0.25) is 0 Å². The van der Waals surface area contributed by atoms with E-state index in [-0.39, 0.29) is 6.10 Å². The van der Waals surface area contributed by atoms with Gasteiger partial charge in [-0.05, 0) is 32.1 Å². The first-order valence-corrected chi connectivity index (χ1v) is 3.47. The second-order valence-electron chi connectivity index (χ2n) is 2.66. The zero-order valence-corrected chi connectivity index (χ0v) is 5.59. The van der Waals surface area contributed by atoms with E-state index in [1.54, 1.807) is 0 Å². The van der Waals surface area contributed by atoms with Crippen molar-refractivity contribution in [3.05, 3.63) is 19.1 Å². The minimum absolute atomic E-state index is 0.0498. The predicted octanol–water partition coefficient (Wildman–Crippen LogP) is 1.54. The molecular formula is C8H13O. The lowest BCUT2D eigenvalue weighted by atomic mass is 10.1. The van der Waals surface area contributed by atoms with E-state index in [9.17, 15) is 0 Å². The SMILES string of the molecule is [CH2]C=CC1CCC(O)C1. The van der Waals surface area contributed by atoms with E-state index >= 15 is 0 Å². The molecule has 0 aromatic carbocycles. The van der Waals surface area contributed by atoms with Crippen LogP contribution in [0.3, 0.4) is 0 Å². The van der Waals surface area contributed by atoms with Crippen LogP contribution in [0, 0.1) is 12.8 Å². The molecule has 1 saturated carbocycles. The highest BCUT2D eigenvalue weighted by molar-refractivity contribution is 4.94. The van der Waals surface area contributed by atoms with Crippen LogP contribution in [0.15, 0.2) is 12.2 Å². The van der Waals surface area contributed by atoms with Crippen LogP contribution >= 0.6 is 0 Å². The first-order valence-electron chi connectivity index (χ1n) is 3.47. The molecule has 51 valence electrons. The van der Waals surface area contributed by atoms with Gasteiger partial charge in [-0.2, -0.15) is 0 Å². The number of allylic oxidation sites excluding steroid dienone is 2. The van der Waals surface area contributed by atoms with E-state index in [2.05, 4.69) is 13.0 Å². The summed E-state index contributed by atoms with van der Waals surface area (Å²) in [4.78, 5) is 0. The lowest BCUT2D eigenvalue weighted by Gasteiger charge is -1.99. The minimum atomic E-state index is -0.0498. The highest BCUT2D eigenvalue weighted by Crippen LogP contribution is 2.25. The van der Waals surface area contributed by atoms with E-state index in [4.69, 9.17) is 5.11 Å². The van der Waals surface area contributed by atoms with Crippen molar-refractivity contribution in [2.75, 3.05) is 0 Å². The van der Waals surface area contributed by atoms with Gasteiger partial charge < -0.3 is 5.11 Å². The van der Waals surface area contributed by atoms with Crippen LogP contribution in [-0.4, -0.2) is 11.2 Å². The van der Waals surface area contributed by atoms with Gasteiger partial charge in [0, 0.05) is 0 Å². The highest BCUT2D eigenvalue weighted by atomic mass is 16.3. The lowest BCUT2D eigenvalue weighted by molar-refractivity contribution is 0.180. The van der Waals surface area contributed by atoms with Gasteiger partial charge in [-0.3, -0.25) is 0 Å². The molecule has 0 spiro atoms. The largest absolute Gasteiger partial charge is 0.393 e. The summed E-state index contributed by atoms with van der Waals surface area (Å²) in [5.41, 5.74) is 0. The summed E-state index contributed by atoms with van der Waals surface area (Å²) in [7, 11) is 0. The Bertz CT molecular complexity index is 107. The van der Waals surface area contributed by atoms with E-state index < -0.39 is 0 Å². The quantitative estimate of drug-likeness (QED) is 0.563. The Balaban J connectivity index is 2.30. The maximum atomic E-state index is 9.07. The van der Waals surface area contributed by atoms with E-state index in [1.807, 2.05) is 6.08 Å². The van der Waals surface area contributed by atoms with Crippen molar-refractivity contribution >= 4 is 0 Å². The molecule has 0 aliphatic heterocycles. The fourth-order valence-corrected chi connectivity index (χ4v) is 1.36. The number of hydrogen-bond donors (Lipinski definition) is 1. The minimum Gasteiger partial charge on any atom is -0.393 e. The van der Waals surface area contributed by atoms with Crippen molar-refractivity contribution in [1.29, 1.82) is 0 Å². The number of rotatable bonds is 1. The van der Waals surface area contributed by atoms with Gasteiger partial charge in [0.05, 0.1) is 6.10 Å². The normalized spacial score (nSPS) is 36.2. The van der Waals surface area contributed by atoms with Crippen molar-refractivity contribution in [3.63, 3.8) is 0 Å². The average Bonchev–Trinajstić information content (AvgIpc) is 2.17.